The van der Waals surface area contributed by atoms with Crippen molar-refractivity contribution in [1.82, 2.24) is 24.6 Å². The molecular formula is C12H19N5O2. The molecule has 3 rings (SSSR count). The molecule has 3 heterocycles. The Labute approximate surface area is 111 Å². The quantitative estimate of drug-likeness (QED) is 0.776. The summed E-state index contributed by atoms with van der Waals surface area (Å²) >= 11 is 0. The maximum Gasteiger partial charge on any atom is 0.312 e. The molecule has 19 heavy (non-hydrogen) atoms. The average molecular weight is 265 g/mol. The molecule has 1 N–H and O–H groups in total. The maximum atomic E-state index is 11.7. The minimum atomic E-state index is -0.665. The Hall–Kier alpha value is -1.47. The van der Waals surface area contributed by atoms with Crippen molar-refractivity contribution >= 4 is 5.97 Å². The van der Waals surface area contributed by atoms with E-state index in [1.165, 1.54) is 0 Å². The lowest BCUT2D eigenvalue weighted by Gasteiger charge is -2.23. The summed E-state index contributed by atoms with van der Waals surface area (Å²) in [7, 11) is 3.91. The Morgan fingerprint density at radius 3 is 2.84 bits per heavy atom. The molecule has 7 heteroatoms. The third kappa shape index (κ3) is 1.93. The summed E-state index contributed by atoms with van der Waals surface area (Å²) in [5.41, 5.74) is -0.604. The number of nitrogens with zero attached hydrogens (tertiary/aromatic N) is 5. The van der Waals surface area contributed by atoms with E-state index in [2.05, 4.69) is 20.0 Å². The molecule has 2 atom stereocenters. The van der Waals surface area contributed by atoms with E-state index >= 15 is 0 Å². The molecule has 0 amide bonds. The first kappa shape index (κ1) is 12.6. The Morgan fingerprint density at radius 1 is 1.47 bits per heavy atom. The van der Waals surface area contributed by atoms with E-state index in [0.29, 0.717) is 19.6 Å². The van der Waals surface area contributed by atoms with E-state index < -0.39 is 11.4 Å². The Kier molecular flexibility index (Phi) is 2.83. The first-order valence-corrected chi connectivity index (χ1v) is 6.48. The number of hydrogen-bond acceptors (Lipinski definition) is 5. The highest BCUT2D eigenvalue weighted by Gasteiger charge is 2.56. The smallest absolute Gasteiger partial charge is 0.312 e. The van der Waals surface area contributed by atoms with Crippen LogP contribution in [0.1, 0.15) is 5.82 Å². The number of aromatic nitrogens is 3. The molecule has 1 aromatic rings. The van der Waals surface area contributed by atoms with Gasteiger partial charge in [0.15, 0.2) is 0 Å². The van der Waals surface area contributed by atoms with Crippen LogP contribution in [-0.4, -0.2) is 68.9 Å². The van der Waals surface area contributed by atoms with Crippen LogP contribution in [0.25, 0.3) is 0 Å². The number of likely N-dealkylation sites (tertiary alicyclic amines) is 2. The van der Waals surface area contributed by atoms with E-state index in [1.807, 2.05) is 18.7 Å². The summed E-state index contributed by atoms with van der Waals surface area (Å²) in [5.74, 6) is 0.430. The molecule has 104 valence electrons. The molecule has 2 aliphatic heterocycles. The molecule has 0 aliphatic carbocycles. The van der Waals surface area contributed by atoms with Crippen molar-refractivity contribution < 1.29 is 9.90 Å². The third-order valence-corrected chi connectivity index (χ3v) is 4.45. The van der Waals surface area contributed by atoms with Gasteiger partial charge in [-0.15, -0.1) is 10.2 Å². The third-order valence-electron chi connectivity index (χ3n) is 4.45. The molecular weight excluding hydrogens is 246 g/mol. The molecule has 1 aromatic heterocycles. The Morgan fingerprint density at radius 2 is 2.26 bits per heavy atom. The predicted octanol–water partition coefficient (Wildman–Crippen LogP) is -0.737. The Balaban J connectivity index is 1.76. The number of carboxylic acids is 1. The lowest BCUT2D eigenvalue weighted by Crippen LogP contribution is -2.40. The minimum absolute atomic E-state index is 0.211. The monoisotopic (exact) mass is 265 g/mol. The zero-order valence-corrected chi connectivity index (χ0v) is 11.3. The van der Waals surface area contributed by atoms with Crippen molar-refractivity contribution in [3.8, 4) is 0 Å². The SMILES string of the molecule is CN1C[C@H]2CN(Cc3nncn3C)C[C@@]2(C(=O)O)C1. The van der Waals surface area contributed by atoms with Crippen LogP contribution in [0.5, 0.6) is 0 Å². The second-order valence-corrected chi connectivity index (χ2v) is 5.88. The van der Waals surface area contributed by atoms with Gasteiger partial charge in [0, 0.05) is 39.1 Å². The largest absolute Gasteiger partial charge is 0.481 e. The van der Waals surface area contributed by atoms with Crippen LogP contribution in [0.4, 0.5) is 0 Å². The topological polar surface area (TPSA) is 74.5 Å². The lowest BCUT2D eigenvalue weighted by molar-refractivity contribution is -0.148. The number of carboxylic acid groups (broad SMARTS) is 1. The maximum absolute atomic E-state index is 11.7. The predicted molar refractivity (Wildman–Crippen MR) is 67.3 cm³/mol. The molecule has 0 aromatic carbocycles. The van der Waals surface area contributed by atoms with E-state index in [9.17, 15) is 9.90 Å². The van der Waals surface area contributed by atoms with E-state index in [-0.39, 0.29) is 5.92 Å². The van der Waals surface area contributed by atoms with Crippen LogP contribution in [0, 0.1) is 11.3 Å². The van der Waals surface area contributed by atoms with Gasteiger partial charge in [0.2, 0.25) is 0 Å². The first-order valence-electron chi connectivity index (χ1n) is 6.48. The number of rotatable bonds is 3. The first-order chi connectivity index (χ1) is 9.01. The van der Waals surface area contributed by atoms with Crippen molar-refractivity contribution in [3.05, 3.63) is 12.2 Å². The van der Waals surface area contributed by atoms with Crippen molar-refractivity contribution in [2.45, 2.75) is 6.54 Å². The van der Waals surface area contributed by atoms with Crippen LogP contribution in [-0.2, 0) is 18.4 Å². The van der Waals surface area contributed by atoms with E-state index in [4.69, 9.17) is 0 Å². The average Bonchev–Trinajstić information content (AvgIpc) is 2.93. The van der Waals surface area contributed by atoms with Gasteiger partial charge in [-0.1, -0.05) is 0 Å². The summed E-state index contributed by atoms with van der Waals surface area (Å²) in [4.78, 5) is 16.0. The summed E-state index contributed by atoms with van der Waals surface area (Å²) in [6.45, 7) is 3.60. The standard InChI is InChI=1S/C12H19N5O2/c1-15-3-9-4-17(5-10-14-13-8-16(10)2)7-12(9,6-15)11(18)19/h8-9H,3-7H2,1-2H3,(H,18,19)/t9-,12-/m0/s1. The second kappa shape index (κ2) is 4.28. The highest BCUT2D eigenvalue weighted by atomic mass is 16.4. The van der Waals surface area contributed by atoms with Crippen LogP contribution in [0.3, 0.4) is 0 Å². The molecule has 0 spiro atoms. The van der Waals surface area contributed by atoms with Gasteiger partial charge in [-0.3, -0.25) is 9.69 Å². The number of carbonyl (C=O) groups is 1. The lowest BCUT2D eigenvalue weighted by atomic mass is 9.81. The number of hydrogen-bond donors (Lipinski definition) is 1. The van der Waals surface area contributed by atoms with Crippen molar-refractivity contribution in [2.75, 3.05) is 33.2 Å². The van der Waals surface area contributed by atoms with Gasteiger partial charge in [-0.25, -0.2) is 0 Å². The van der Waals surface area contributed by atoms with Gasteiger partial charge < -0.3 is 14.6 Å². The van der Waals surface area contributed by atoms with Crippen LogP contribution < -0.4 is 0 Å². The summed E-state index contributed by atoms with van der Waals surface area (Å²) in [5, 5.41) is 17.5. The van der Waals surface area contributed by atoms with Gasteiger partial charge in [-0.2, -0.15) is 0 Å². The molecule has 7 nitrogen and oxygen atoms in total. The van der Waals surface area contributed by atoms with Gasteiger partial charge >= 0.3 is 5.97 Å². The highest BCUT2D eigenvalue weighted by molar-refractivity contribution is 5.77. The summed E-state index contributed by atoms with van der Waals surface area (Å²) < 4.78 is 1.88. The number of aryl methyl sites for hydroxylation is 1. The fourth-order valence-electron chi connectivity index (χ4n) is 3.49. The van der Waals surface area contributed by atoms with Crippen LogP contribution in [0.15, 0.2) is 6.33 Å². The minimum Gasteiger partial charge on any atom is -0.481 e. The van der Waals surface area contributed by atoms with Gasteiger partial charge in [-0.05, 0) is 7.05 Å². The summed E-state index contributed by atoms with van der Waals surface area (Å²) in [6, 6.07) is 0. The van der Waals surface area contributed by atoms with Gasteiger partial charge in [0.25, 0.3) is 0 Å². The fourth-order valence-corrected chi connectivity index (χ4v) is 3.49. The Bertz CT molecular complexity index is 502. The van der Waals surface area contributed by atoms with Crippen molar-refractivity contribution in [1.29, 1.82) is 0 Å². The van der Waals surface area contributed by atoms with Crippen LogP contribution >= 0.6 is 0 Å². The molecule has 2 saturated heterocycles. The summed E-state index contributed by atoms with van der Waals surface area (Å²) in [6.07, 6.45) is 1.67. The molecule has 2 aliphatic rings. The fraction of sp³-hybridized carbons (Fsp3) is 0.750. The van der Waals surface area contributed by atoms with E-state index in [0.717, 1.165) is 18.9 Å². The molecule has 0 saturated carbocycles. The zero-order valence-electron chi connectivity index (χ0n) is 11.3. The zero-order chi connectivity index (χ0) is 13.6. The number of fused-ring (bicyclic) bond motifs is 1. The molecule has 2 fully saturated rings. The van der Waals surface area contributed by atoms with Crippen molar-refractivity contribution in [2.24, 2.45) is 18.4 Å². The van der Waals surface area contributed by atoms with Gasteiger partial charge in [0.05, 0.1) is 12.0 Å². The number of aliphatic carboxylic acids is 1. The highest BCUT2D eigenvalue weighted by Crippen LogP contribution is 2.42. The van der Waals surface area contributed by atoms with E-state index in [1.54, 1.807) is 6.33 Å². The molecule has 0 bridgehead atoms. The molecule has 0 unspecified atom stereocenters. The van der Waals surface area contributed by atoms with Gasteiger partial charge in [0.1, 0.15) is 12.2 Å². The van der Waals surface area contributed by atoms with Crippen LogP contribution in [0.2, 0.25) is 0 Å². The van der Waals surface area contributed by atoms with Crippen molar-refractivity contribution in [3.63, 3.8) is 0 Å². The molecule has 0 radical (unpaired) electrons. The second-order valence-electron chi connectivity index (χ2n) is 5.88. The normalized spacial score (nSPS) is 31.8.